The van der Waals surface area contributed by atoms with E-state index in [1.54, 1.807) is 18.2 Å². The average Bonchev–Trinajstić information content (AvgIpc) is 2.36. The number of nitrogens with zero attached hydrogens (tertiary/aromatic N) is 1. The van der Waals surface area contributed by atoms with Crippen molar-refractivity contribution in [1.29, 1.82) is 0 Å². The third-order valence-electron chi connectivity index (χ3n) is 3.07. The van der Waals surface area contributed by atoms with Gasteiger partial charge in [0.15, 0.2) is 9.84 Å². The zero-order valence-corrected chi connectivity index (χ0v) is 13.1. The van der Waals surface area contributed by atoms with Crippen LogP contribution in [-0.4, -0.2) is 43.7 Å². The second kappa shape index (κ2) is 6.45. The predicted octanol–water partition coefficient (Wildman–Crippen LogP) is 1.43. The summed E-state index contributed by atoms with van der Waals surface area (Å²) in [4.78, 5) is 2.47. The minimum atomic E-state index is -3.30. The van der Waals surface area contributed by atoms with E-state index in [9.17, 15) is 8.42 Å². The molecule has 0 spiro atoms. The van der Waals surface area contributed by atoms with Crippen LogP contribution in [0.4, 0.5) is 0 Å². The number of sulfone groups is 1. The zero-order valence-electron chi connectivity index (χ0n) is 11.5. The van der Waals surface area contributed by atoms with E-state index in [0.717, 1.165) is 0 Å². The van der Waals surface area contributed by atoms with Gasteiger partial charge in [-0.1, -0.05) is 24.4 Å². The lowest BCUT2D eigenvalue weighted by molar-refractivity contribution is 0.289. The van der Waals surface area contributed by atoms with Crippen LogP contribution in [0.25, 0.3) is 0 Å². The number of benzene rings is 1. The molecule has 19 heavy (non-hydrogen) atoms. The summed E-state index contributed by atoms with van der Waals surface area (Å²) in [6, 6.07) is 6.80. The van der Waals surface area contributed by atoms with Crippen LogP contribution in [-0.2, 0) is 9.84 Å². The minimum absolute atomic E-state index is 0.0858. The number of thiocarbonyl (C=S) groups is 1. The first-order valence-corrected chi connectivity index (χ1v) is 8.13. The highest BCUT2D eigenvalue weighted by Crippen LogP contribution is 2.14. The molecule has 1 rings (SSSR count). The average molecular weight is 300 g/mol. The molecule has 0 heterocycles. The number of hydrogen-bond acceptors (Lipinski definition) is 4. The highest BCUT2D eigenvalue weighted by Gasteiger charge is 2.16. The molecule has 0 radical (unpaired) electrons. The van der Waals surface area contributed by atoms with E-state index in [0.29, 0.717) is 18.2 Å². The van der Waals surface area contributed by atoms with E-state index in [1.165, 1.54) is 6.07 Å². The molecule has 2 N–H and O–H groups in total. The maximum Gasteiger partial charge on any atom is 0.179 e. The van der Waals surface area contributed by atoms with Gasteiger partial charge < -0.3 is 10.6 Å². The first kappa shape index (κ1) is 16.1. The maximum atomic E-state index is 12.2. The van der Waals surface area contributed by atoms with Crippen LogP contribution in [0.1, 0.15) is 19.4 Å². The maximum absolute atomic E-state index is 12.2. The fraction of sp³-hybridized carbons (Fsp3) is 0.462. The minimum Gasteiger partial charge on any atom is -0.389 e. The normalized spacial score (nSPS) is 12.1. The summed E-state index contributed by atoms with van der Waals surface area (Å²) in [6.07, 6.45) is 0. The van der Waals surface area contributed by atoms with Crippen LogP contribution in [0.2, 0.25) is 0 Å². The highest BCUT2D eigenvalue weighted by atomic mass is 32.2. The summed E-state index contributed by atoms with van der Waals surface area (Å²) in [5.41, 5.74) is 6.09. The van der Waals surface area contributed by atoms with Crippen LogP contribution >= 0.6 is 12.2 Å². The SMILES string of the molecule is CC(C)N(C)CCS(=O)(=O)c1cccc(C(N)=S)c1. The molecule has 106 valence electrons. The zero-order chi connectivity index (χ0) is 14.6. The molecule has 0 bridgehead atoms. The molecule has 0 aliphatic rings. The van der Waals surface area contributed by atoms with Crippen molar-refractivity contribution in [3.05, 3.63) is 29.8 Å². The molecule has 1 aromatic carbocycles. The van der Waals surface area contributed by atoms with Gasteiger partial charge in [-0.25, -0.2) is 8.42 Å². The quantitative estimate of drug-likeness (QED) is 0.805. The molecule has 0 fully saturated rings. The summed E-state index contributed by atoms with van der Waals surface area (Å²) in [5.74, 6) is 0.0858. The summed E-state index contributed by atoms with van der Waals surface area (Å²) in [5, 5.41) is 0. The molecule has 0 aromatic heterocycles. The molecule has 0 amide bonds. The molecule has 0 unspecified atom stereocenters. The van der Waals surface area contributed by atoms with Gasteiger partial charge in [0, 0.05) is 18.2 Å². The Morgan fingerprint density at radius 3 is 2.58 bits per heavy atom. The lowest BCUT2D eigenvalue weighted by Gasteiger charge is -2.20. The van der Waals surface area contributed by atoms with Crippen molar-refractivity contribution in [3.63, 3.8) is 0 Å². The standard InChI is InChI=1S/C13H20N2O2S2/c1-10(2)15(3)7-8-19(16,17)12-6-4-5-11(9-12)13(14)18/h4-6,9-10H,7-8H2,1-3H3,(H2,14,18). The van der Waals surface area contributed by atoms with Gasteiger partial charge in [-0.3, -0.25) is 0 Å². The largest absolute Gasteiger partial charge is 0.389 e. The fourth-order valence-electron chi connectivity index (χ4n) is 1.48. The second-order valence-electron chi connectivity index (χ2n) is 4.79. The number of nitrogens with two attached hydrogens (primary N) is 1. The molecule has 0 saturated heterocycles. The Morgan fingerprint density at radius 2 is 2.05 bits per heavy atom. The van der Waals surface area contributed by atoms with E-state index in [-0.39, 0.29) is 15.6 Å². The Bertz CT molecular complexity index is 554. The monoisotopic (exact) mass is 300 g/mol. The number of hydrogen-bond donors (Lipinski definition) is 1. The third-order valence-corrected chi connectivity index (χ3v) is 5.00. The number of rotatable bonds is 6. The molecule has 6 heteroatoms. The predicted molar refractivity (Wildman–Crippen MR) is 82.1 cm³/mol. The summed E-state index contributed by atoms with van der Waals surface area (Å²) < 4.78 is 24.4. The summed E-state index contributed by atoms with van der Waals surface area (Å²) >= 11 is 4.86. The first-order chi connectivity index (χ1) is 8.74. The Hall–Kier alpha value is -0.980. The lowest BCUT2D eigenvalue weighted by Crippen LogP contribution is -2.31. The van der Waals surface area contributed by atoms with Gasteiger partial charge in [-0.2, -0.15) is 0 Å². The van der Waals surface area contributed by atoms with Crippen molar-refractivity contribution in [2.24, 2.45) is 5.73 Å². The van der Waals surface area contributed by atoms with Gasteiger partial charge in [0.1, 0.15) is 4.99 Å². The van der Waals surface area contributed by atoms with Gasteiger partial charge in [0.2, 0.25) is 0 Å². The molecule has 4 nitrogen and oxygen atoms in total. The Labute approximate surface area is 120 Å². The van der Waals surface area contributed by atoms with Crippen molar-refractivity contribution in [1.82, 2.24) is 4.90 Å². The van der Waals surface area contributed by atoms with E-state index < -0.39 is 9.84 Å². The van der Waals surface area contributed by atoms with Gasteiger partial charge in [0.25, 0.3) is 0 Å². The molecule has 0 aliphatic carbocycles. The van der Waals surface area contributed by atoms with Crippen LogP contribution in [0.15, 0.2) is 29.2 Å². The highest BCUT2D eigenvalue weighted by molar-refractivity contribution is 7.91. The first-order valence-electron chi connectivity index (χ1n) is 6.07. The van der Waals surface area contributed by atoms with Gasteiger partial charge in [-0.15, -0.1) is 0 Å². The van der Waals surface area contributed by atoms with Crippen molar-refractivity contribution >= 4 is 27.0 Å². The van der Waals surface area contributed by atoms with Crippen LogP contribution in [0.5, 0.6) is 0 Å². The summed E-state index contributed by atoms with van der Waals surface area (Å²) in [6.45, 7) is 4.55. The van der Waals surface area contributed by atoms with Crippen LogP contribution in [0, 0.1) is 0 Å². The van der Waals surface area contributed by atoms with Crippen molar-refractivity contribution < 1.29 is 8.42 Å². The van der Waals surface area contributed by atoms with Gasteiger partial charge >= 0.3 is 0 Å². The van der Waals surface area contributed by atoms with Gasteiger partial charge in [0.05, 0.1) is 10.6 Å². The molecule has 0 atom stereocenters. The third kappa shape index (κ3) is 4.56. The topological polar surface area (TPSA) is 63.4 Å². The molecule has 0 saturated carbocycles. The fourth-order valence-corrected chi connectivity index (χ4v) is 2.97. The summed E-state index contributed by atoms with van der Waals surface area (Å²) in [7, 11) is -1.39. The van der Waals surface area contributed by atoms with Crippen molar-refractivity contribution in [3.8, 4) is 0 Å². The van der Waals surface area contributed by atoms with Crippen LogP contribution < -0.4 is 5.73 Å². The molecular weight excluding hydrogens is 280 g/mol. The van der Waals surface area contributed by atoms with Crippen molar-refractivity contribution in [2.45, 2.75) is 24.8 Å². The van der Waals surface area contributed by atoms with E-state index in [2.05, 4.69) is 0 Å². The van der Waals surface area contributed by atoms with E-state index in [1.807, 2.05) is 25.8 Å². The van der Waals surface area contributed by atoms with Crippen LogP contribution in [0.3, 0.4) is 0 Å². The smallest absolute Gasteiger partial charge is 0.179 e. The molecular formula is C13H20N2O2S2. The Morgan fingerprint density at radius 1 is 1.42 bits per heavy atom. The molecule has 1 aromatic rings. The van der Waals surface area contributed by atoms with E-state index in [4.69, 9.17) is 18.0 Å². The molecule has 0 aliphatic heterocycles. The van der Waals surface area contributed by atoms with Gasteiger partial charge in [-0.05, 0) is 33.0 Å². The lowest BCUT2D eigenvalue weighted by atomic mass is 10.2. The van der Waals surface area contributed by atoms with E-state index >= 15 is 0 Å². The van der Waals surface area contributed by atoms with Crippen molar-refractivity contribution in [2.75, 3.05) is 19.3 Å². The Balaban J connectivity index is 2.89. The second-order valence-corrected chi connectivity index (χ2v) is 7.33. The Kier molecular flexibility index (Phi) is 5.46.